The Morgan fingerprint density at radius 2 is 1.22 bits per heavy atom. The summed E-state index contributed by atoms with van der Waals surface area (Å²) in [5, 5.41) is 3.49. The van der Waals surface area contributed by atoms with Gasteiger partial charge in [0.15, 0.2) is 11.6 Å². The molecule has 0 atom stereocenters. The molecule has 0 saturated carbocycles. The fraction of sp³-hybridized carbons (Fsp3) is 0.385. The van der Waals surface area contributed by atoms with Crippen molar-refractivity contribution in [2.45, 2.75) is 118 Å². The van der Waals surface area contributed by atoms with E-state index in [0.29, 0.717) is 40.1 Å². The van der Waals surface area contributed by atoms with E-state index in [1.54, 1.807) is 30.3 Å². The number of aromatic nitrogens is 1. The minimum atomic E-state index is -0.512. The predicted molar refractivity (Wildman–Crippen MR) is 242 cm³/mol. The first-order valence-corrected chi connectivity index (χ1v) is 20.9. The summed E-state index contributed by atoms with van der Waals surface area (Å²) in [6.07, 6.45) is 3.84. The molecule has 0 bridgehead atoms. The first kappa shape index (κ1) is 43.8. The normalized spacial score (nSPS) is 13.5. The summed E-state index contributed by atoms with van der Waals surface area (Å²) < 4.78 is 13.1. The highest BCUT2D eigenvalue weighted by molar-refractivity contribution is 6.27. The molecule has 1 amide bonds. The van der Waals surface area contributed by atoms with E-state index >= 15 is 0 Å². The number of para-hydroxylation sites is 1. The van der Waals surface area contributed by atoms with Crippen LogP contribution in [0.25, 0.3) is 10.9 Å². The number of allylic oxidation sites excluding steroid dienone is 2. The number of H-pyrrole nitrogens is 1. The smallest absolute Gasteiger partial charge is 0.261 e. The van der Waals surface area contributed by atoms with E-state index in [2.05, 4.69) is 106 Å². The number of aromatic amines is 1. The number of nitrogens with one attached hydrogen (secondary N) is 2. The van der Waals surface area contributed by atoms with Gasteiger partial charge in [-0.1, -0.05) is 132 Å². The average Bonchev–Trinajstić information content (AvgIpc) is 3.15. The summed E-state index contributed by atoms with van der Waals surface area (Å²) in [6, 6.07) is 22.7. The highest BCUT2D eigenvalue weighted by Crippen LogP contribution is 2.42. The highest BCUT2D eigenvalue weighted by Gasteiger charge is 2.31. The molecule has 1 aliphatic rings. The topological polar surface area (TPSA) is 115 Å². The lowest BCUT2D eigenvalue weighted by molar-refractivity contribution is -0.114. The summed E-state index contributed by atoms with van der Waals surface area (Å²) in [5.74, 6) is 0.304. The van der Waals surface area contributed by atoms with Crippen molar-refractivity contribution in [1.29, 1.82) is 0 Å². The van der Waals surface area contributed by atoms with Crippen LogP contribution in [0, 0.1) is 0 Å². The molecule has 0 aliphatic heterocycles. The lowest BCUT2D eigenvalue weighted by atomic mass is 9.76. The molecular formula is C52H60N2O6. The molecule has 1 aromatic heterocycles. The van der Waals surface area contributed by atoms with E-state index in [1.807, 2.05) is 36.4 Å². The minimum Gasteiger partial charge on any atom is -0.490 e. The molecule has 0 saturated heterocycles. The Morgan fingerprint density at radius 3 is 1.83 bits per heavy atom. The molecular weight excluding hydrogens is 749 g/mol. The Balaban J connectivity index is 1.29. The maximum atomic E-state index is 13.9. The van der Waals surface area contributed by atoms with Crippen molar-refractivity contribution in [3.05, 3.63) is 145 Å². The summed E-state index contributed by atoms with van der Waals surface area (Å²) in [5.41, 5.74) is 6.14. The maximum Gasteiger partial charge on any atom is 0.261 e. The molecule has 1 heterocycles. The zero-order valence-corrected chi connectivity index (χ0v) is 37.4. The van der Waals surface area contributed by atoms with Gasteiger partial charge in [0.05, 0.1) is 5.57 Å². The van der Waals surface area contributed by atoms with Crippen LogP contribution in [-0.2, 0) is 39.3 Å². The third kappa shape index (κ3) is 9.33. The molecule has 60 heavy (non-hydrogen) atoms. The van der Waals surface area contributed by atoms with Gasteiger partial charge in [-0.2, -0.15) is 0 Å². The molecule has 1 aliphatic carbocycles. The molecule has 0 spiro atoms. The SMILES string of the molecule is CC(C)(C)c1cc(C(C)(C)C)c(OCCOc2cc(NC(=O)c3c[nH]c4ccccc4c3=O)c(C(C)(C)C)cc2C(C)(C)C)cc1CC(=O)C1=CCc2ccccc2C1=O. The Labute approximate surface area is 354 Å². The molecule has 2 N–H and O–H groups in total. The number of fused-ring (bicyclic) bond motifs is 2. The Morgan fingerprint density at radius 1 is 0.667 bits per heavy atom. The Hall–Kier alpha value is -5.76. The number of carbonyl (C=O) groups excluding carboxylic acids is 3. The van der Waals surface area contributed by atoms with Crippen molar-refractivity contribution in [2.75, 3.05) is 18.5 Å². The van der Waals surface area contributed by atoms with Crippen LogP contribution >= 0.6 is 0 Å². The van der Waals surface area contributed by atoms with E-state index in [0.717, 1.165) is 33.4 Å². The molecule has 8 nitrogen and oxygen atoms in total. The number of hydrogen-bond donors (Lipinski definition) is 2. The highest BCUT2D eigenvalue weighted by atomic mass is 16.5. The molecule has 5 aromatic rings. The number of carbonyl (C=O) groups is 3. The molecule has 0 unspecified atom stereocenters. The third-order valence-corrected chi connectivity index (χ3v) is 11.1. The van der Waals surface area contributed by atoms with Crippen molar-refractivity contribution >= 4 is 34.1 Å². The van der Waals surface area contributed by atoms with Gasteiger partial charge < -0.3 is 19.8 Å². The zero-order valence-electron chi connectivity index (χ0n) is 37.4. The van der Waals surface area contributed by atoms with E-state index in [9.17, 15) is 19.2 Å². The van der Waals surface area contributed by atoms with Crippen LogP contribution in [0.2, 0.25) is 0 Å². The fourth-order valence-electron chi connectivity index (χ4n) is 7.89. The number of anilines is 1. The van der Waals surface area contributed by atoms with E-state index in [4.69, 9.17) is 9.47 Å². The molecule has 4 aromatic carbocycles. The van der Waals surface area contributed by atoms with Crippen molar-refractivity contribution in [3.63, 3.8) is 0 Å². The van der Waals surface area contributed by atoms with Crippen LogP contribution in [0.15, 0.2) is 95.4 Å². The van der Waals surface area contributed by atoms with E-state index < -0.39 is 5.91 Å². The van der Waals surface area contributed by atoms with Gasteiger partial charge in [0, 0.05) is 40.8 Å². The van der Waals surface area contributed by atoms with Gasteiger partial charge in [0.2, 0.25) is 5.43 Å². The zero-order chi connectivity index (χ0) is 43.9. The minimum absolute atomic E-state index is 0.0184. The van der Waals surface area contributed by atoms with Crippen molar-refractivity contribution in [1.82, 2.24) is 4.98 Å². The van der Waals surface area contributed by atoms with Gasteiger partial charge >= 0.3 is 0 Å². The van der Waals surface area contributed by atoms with Crippen LogP contribution in [0.1, 0.15) is 137 Å². The Kier molecular flexibility index (Phi) is 11.9. The first-order chi connectivity index (χ1) is 27.9. The molecule has 0 radical (unpaired) electrons. The number of hydrogen-bond acceptors (Lipinski definition) is 6. The molecule has 0 fully saturated rings. The summed E-state index contributed by atoms with van der Waals surface area (Å²) in [6.45, 7) is 25.8. The number of pyridine rings is 1. The van der Waals surface area contributed by atoms with Crippen molar-refractivity contribution < 1.29 is 23.9 Å². The molecule has 8 heteroatoms. The quantitative estimate of drug-likeness (QED) is 0.107. The van der Waals surface area contributed by atoms with Crippen molar-refractivity contribution in [3.8, 4) is 11.5 Å². The van der Waals surface area contributed by atoms with Gasteiger partial charge in [-0.15, -0.1) is 0 Å². The van der Waals surface area contributed by atoms with Crippen LogP contribution in [0.3, 0.4) is 0 Å². The number of amides is 1. The lowest BCUT2D eigenvalue weighted by Gasteiger charge is -2.30. The van der Waals surface area contributed by atoms with Gasteiger partial charge in [-0.25, -0.2) is 0 Å². The molecule has 6 rings (SSSR count). The van der Waals surface area contributed by atoms with Crippen LogP contribution < -0.4 is 20.2 Å². The number of Topliss-reactive ketones (excluding diaryl/α,β-unsaturated/α-hetero) is 2. The Bertz CT molecular complexity index is 2580. The van der Waals surface area contributed by atoms with Crippen LogP contribution in [0.4, 0.5) is 5.69 Å². The largest absolute Gasteiger partial charge is 0.490 e. The van der Waals surface area contributed by atoms with E-state index in [1.165, 1.54) is 6.20 Å². The van der Waals surface area contributed by atoms with Crippen molar-refractivity contribution in [2.24, 2.45) is 0 Å². The third-order valence-electron chi connectivity index (χ3n) is 11.1. The standard InChI is InChI=1S/C52H60N2O6/c1-49(2,3)37-27-39(51(7,8)9)44(26-32(37)25-43(55)35-22-21-31-17-13-14-18-33(31)46(35)56)59-23-24-60-45-29-42(38(50(4,5)6)28-40(45)52(10,11)12)54-48(58)36-30-53-41-20-16-15-19-34(41)47(36)57/h13-20,22,26-30H,21,23-25H2,1-12H3,(H,53,57)(H,54,58). The van der Waals surface area contributed by atoms with E-state index in [-0.39, 0.29) is 69.4 Å². The second-order valence-corrected chi connectivity index (χ2v) is 20.0. The lowest BCUT2D eigenvalue weighted by Crippen LogP contribution is -2.25. The van der Waals surface area contributed by atoms with Gasteiger partial charge in [0.1, 0.15) is 30.3 Å². The summed E-state index contributed by atoms with van der Waals surface area (Å²) in [7, 11) is 0. The number of ketones is 2. The summed E-state index contributed by atoms with van der Waals surface area (Å²) >= 11 is 0. The second-order valence-electron chi connectivity index (χ2n) is 20.0. The van der Waals surface area contributed by atoms with Gasteiger partial charge in [0.25, 0.3) is 5.91 Å². The first-order valence-electron chi connectivity index (χ1n) is 20.9. The van der Waals surface area contributed by atoms with Gasteiger partial charge in [-0.3, -0.25) is 19.2 Å². The van der Waals surface area contributed by atoms with Crippen LogP contribution in [-0.4, -0.2) is 35.7 Å². The number of ether oxygens (including phenoxy) is 2. The maximum absolute atomic E-state index is 13.9. The predicted octanol–water partition coefficient (Wildman–Crippen LogP) is 10.9. The van der Waals surface area contributed by atoms with Crippen LogP contribution in [0.5, 0.6) is 11.5 Å². The number of benzene rings is 4. The number of rotatable bonds is 10. The average molecular weight is 809 g/mol. The fourth-order valence-corrected chi connectivity index (χ4v) is 7.89. The second kappa shape index (κ2) is 16.4. The molecule has 314 valence electrons. The van der Waals surface area contributed by atoms with Gasteiger partial charge in [-0.05, 0) is 85.7 Å². The summed E-state index contributed by atoms with van der Waals surface area (Å²) in [4.78, 5) is 57.6. The monoisotopic (exact) mass is 808 g/mol.